The average molecular weight is 612 g/mol. The standard InChI is InChI=1S/C38H45NO6/c1-38(2,3)31-20-18-25(26(30(37(43)44)23-36(41)42)19-17-24-11-5-4-6-12-24)21-32(31)39-35(40)22-29-27-13-7-9-15-33(27)45-34-16-10-8-14-28(29)34/h7-10,13-16,18,20-21,24,26,29-30H,4-6,11-12,17,19,22-23H2,1-3H3,(H,39,40)(H,41,42)(H,43,44). The van der Waals surface area contributed by atoms with E-state index in [-0.39, 0.29) is 23.7 Å². The number of aliphatic carboxylic acids is 2. The fourth-order valence-corrected chi connectivity index (χ4v) is 7.25. The summed E-state index contributed by atoms with van der Waals surface area (Å²) in [5.74, 6) is -2.12. The van der Waals surface area contributed by atoms with Gasteiger partial charge in [-0.05, 0) is 59.4 Å². The summed E-state index contributed by atoms with van der Waals surface area (Å²) >= 11 is 0. The number of carbonyl (C=O) groups excluding carboxylic acids is 1. The van der Waals surface area contributed by atoms with E-state index in [1.165, 1.54) is 19.3 Å². The lowest BCUT2D eigenvalue weighted by molar-refractivity contribution is -0.149. The number of hydrogen-bond donors (Lipinski definition) is 3. The van der Waals surface area contributed by atoms with Crippen molar-refractivity contribution < 1.29 is 29.3 Å². The first kappa shape index (κ1) is 32.3. The zero-order chi connectivity index (χ0) is 32.1. The molecule has 2 atom stereocenters. The van der Waals surface area contributed by atoms with Crippen molar-refractivity contribution >= 4 is 23.5 Å². The maximum Gasteiger partial charge on any atom is 0.307 e. The summed E-state index contributed by atoms with van der Waals surface area (Å²) in [7, 11) is 0. The van der Waals surface area contributed by atoms with Crippen LogP contribution in [0.25, 0.3) is 0 Å². The van der Waals surface area contributed by atoms with Gasteiger partial charge in [0.25, 0.3) is 0 Å². The molecule has 3 aromatic carbocycles. The molecular formula is C38H45NO6. The van der Waals surface area contributed by atoms with Crippen LogP contribution in [0.2, 0.25) is 0 Å². The third kappa shape index (κ3) is 7.75. The number of carboxylic acids is 2. The average Bonchev–Trinajstić information content (AvgIpc) is 3.00. The Kier molecular flexibility index (Phi) is 9.96. The van der Waals surface area contributed by atoms with Gasteiger partial charge >= 0.3 is 11.9 Å². The van der Waals surface area contributed by atoms with Crippen LogP contribution in [0.1, 0.15) is 113 Å². The molecular weight excluding hydrogens is 566 g/mol. The summed E-state index contributed by atoms with van der Waals surface area (Å²) in [6, 6.07) is 21.4. The molecule has 0 bridgehead atoms. The maximum atomic E-state index is 13.9. The first-order chi connectivity index (χ1) is 21.5. The molecule has 1 amide bonds. The van der Waals surface area contributed by atoms with E-state index in [2.05, 4.69) is 26.1 Å². The Morgan fingerprint density at radius 1 is 0.889 bits per heavy atom. The van der Waals surface area contributed by atoms with E-state index < -0.39 is 30.2 Å². The lowest BCUT2D eigenvalue weighted by Crippen LogP contribution is -2.26. The van der Waals surface area contributed by atoms with E-state index in [1.807, 2.05) is 66.7 Å². The topological polar surface area (TPSA) is 113 Å². The van der Waals surface area contributed by atoms with Crippen molar-refractivity contribution in [2.45, 2.75) is 95.8 Å². The van der Waals surface area contributed by atoms with Gasteiger partial charge in [0.2, 0.25) is 5.91 Å². The second-order valence-corrected chi connectivity index (χ2v) is 13.8. The van der Waals surface area contributed by atoms with Crippen molar-refractivity contribution in [3.63, 3.8) is 0 Å². The summed E-state index contributed by atoms with van der Waals surface area (Å²) < 4.78 is 6.13. The van der Waals surface area contributed by atoms with Crippen molar-refractivity contribution in [2.24, 2.45) is 11.8 Å². The monoisotopic (exact) mass is 611 g/mol. The number of para-hydroxylation sites is 2. The highest BCUT2D eigenvalue weighted by Crippen LogP contribution is 2.46. The van der Waals surface area contributed by atoms with Crippen molar-refractivity contribution in [3.8, 4) is 11.5 Å². The zero-order valence-electron chi connectivity index (χ0n) is 26.6. The van der Waals surface area contributed by atoms with Gasteiger partial charge in [0, 0.05) is 29.2 Å². The maximum absolute atomic E-state index is 13.9. The number of nitrogens with one attached hydrogen (secondary N) is 1. The minimum Gasteiger partial charge on any atom is -0.481 e. The number of benzene rings is 3. The molecule has 1 heterocycles. The first-order valence-corrected chi connectivity index (χ1v) is 16.3. The van der Waals surface area contributed by atoms with Crippen LogP contribution >= 0.6 is 0 Å². The van der Waals surface area contributed by atoms with Crippen LogP contribution in [-0.4, -0.2) is 28.1 Å². The van der Waals surface area contributed by atoms with Crippen molar-refractivity contribution in [3.05, 3.63) is 89.0 Å². The number of ether oxygens (including phenoxy) is 1. The number of carbonyl (C=O) groups is 3. The molecule has 2 unspecified atom stereocenters. The van der Waals surface area contributed by atoms with Gasteiger partial charge in [-0.2, -0.15) is 0 Å². The predicted octanol–water partition coefficient (Wildman–Crippen LogP) is 8.87. The molecule has 3 aromatic rings. The quantitative estimate of drug-likeness (QED) is 0.200. The highest BCUT2D eigenvalue weighted by Gasteiger charge is 2.34. The molecule has 0 radical (unpaired) electrons. The van der Waals surface area contributed by atoms with Crippen molar-refractivity contribution in [1.29, 1.82) is 0 Å². The highest BCUT2D eigenvalue weighted by molar-refractivity contribution is 5.93. The summed E-state index contributed by atoms with van der Waals surface area (Å²) in [6.07, 6.45) is 7.07. The van der Waals surface area contributed by atoms with Gasteiger partial charge < -0.3 is 20.3 Å². The molecule has 1 saturated carbocycles. The molecule has 5 rings (SSSR count). The first-order valence-electron chi connectivity index (χ1n) is 16.3. The molecule has 1 aliphatic heterocycles. The summed E-state index contributed by atoms with van der Waals surface area (Å²) in [5, 5.41) is 23.0. The van der Waals surface area contributed by atoms with Gasteiger partial charge in [-0.15, -0.1) is 0 Å². The molecule has 0 saturated heterocycles. The Morgan fingerprint density at radius 3 is 2.09 bits per heavy atom. The fourth-order valence-electron chi connectivity index (χ4n) is 7.25. The second kappa shape index (κ2) is 13.9. The van der Waals surface area contributed by atoms with E-state index >= 15 is 0 Å². The van der Waals surface area contributed by atoms with Gasteiger partial charge in [0.1, 0.15) is 11.5 Å². The van der Waals surface area contributed by atoms with Gasteiger partial charge in [-0.1, -0.05) is 101 Å². The molecule has 45 heavy (non-hydrogen) atoms. The third-order valence-corrected chi connectivity index (χ3v) is 9.56. The van der Waals surface area contributed by atoms with Crippen LogP contribution in [0.4, 0.5) is 5.69 Å². The summed E-state index contributed by atoms with van der Waals surface area (Å²) in [5.41, 5.74) is 3.94. The van der Waals surface area contributed by atoms with Crippen LogP contribution in [0.15, 0.2) is 66.7 Å². The SMILES string of the molecule is CC(C)(C)c1ccc(C(CCC2CCCCC2)C(CC(=O)O)C(=O)O)cc1NC(=O)CC1c2ccccc2Oc2ccccc21. The zero-order valence-corrected chi connectivity index (χ0v) is 26.6. The van der Waals surface area contributed by atoms with Crippen LogP contribution < -0.4 is 10.1 Å². The molecule has 1 aliphatic carbocycles. The lowest BCUT2D eigenvalue weighted by Gasteiger charge is -2.30. The van der Waals surface area contributed by atoms with Crippen LogP contribution in [-0.2, 0) is 19.8 Å². The summed E-state index contributed by atoms with van der Waals surface area (Å²) in [6.45, 7) is 6.23. The minimum atomic E-state index is -1.12. The smallest absolute Gasteiger partial charge is 0.307 e. The van der Waals surface area contributed by atoms with E-state index in [1.54, 1.807) is 0 Å². The molecule has 7 nitrogen and oxygen atoms in total. The number of amides is 1. The Labute approximate surface area is 266 Å². The number of rotatable bonds is 11. The Bertz CT molecular complexity index is 1490. The number of anilines is 1. The van der Waals surface area contributed by atoms with Crippen molar-refractivity contribution in [2.75, 3.05) is 5.32 Å². The Balaban J connectivity index is 1.46. The lowest BCUT2D eigenvalue weighted by atomic mass is 9.76. The predicted molar refractivity (Wildman–Crippen MR) is 175 cm³/mol. The molecule has 238 valence electrons. The molecule has 1 fully saturated rings. The molecule has 0 aromatic heterocycles. The highest BCUT2D eigenvalue weighted by atomic mass is 16.5. The van der Waals surface area contributed by atoms with E-state index in [0.717, 1.165) is 53.0 Å². The molecule has 7 heteroatoms. The van der Waals surface area contributed by atoms with E-state index in [9.17, 15) is 24.6 Å². The van der Waals surface area contributed by atoms with E-state index in [4.69, 9.17) is 4.74 Å². The van der Waals surface area contributed by atoms with Crippen LogP contribution in [0, 0.1) is 11.8 Å². The second-order valence-electron chi connectivity index (χ2n) is 13.8. The van der Waals surface area contributed by atoms with E-state index in [0.29, 0.717) is 18.0 Å². The summed E-state index contributed by atoms with van der Waals surface area (Å²) in [4.78, 5) is 38.1. The molecule has 2 aliphatic rings. The molecule has 3 N–H and O–H groups in total. The minimum absolute atomic E-state index is 0.159. The van der Waals surface area contributed by atoms with Crippen molar-refractivity contribution in [1.82, 2.24) is 0 Å². The third-order valence-electron chi connectivity index (χ3n) is 9.56. The van der Waals surface area contributed by atoms with Gasteiger partial charge in [-0.25, -0.2) is 0 Å². The largest absolute Gasteiger partial charge is 0.481 e. The van der Waals surface area contributed by atoms with Crippen LogP contribution in [0.3, 0.4) is 0 Å². The van der Waals surface area contributed by atoms with Gasteiger partial charge in [0.05, 0.1) is 12.3 Å². The Hall–Kier alpha value is -4.13. The normalized spacial score (nSPS) is 16.5. The van der Waals surface area contributed by atoms with Gasteiger partial charge in [0.15, 0.2) is 0 Å². The number of fused-ring (bicyclic) bond motifs is 2. The fraction of sp³-hybridized carbons (Fsp3) is 0.447. The Morgan fingerprint density at radius 2 is 1.51 bits per heavy atom. The van der Waals surface area contributed by atoms with Crippen LogP contribution in [0.5, 0.6) is 11.5 Å². The number of hydrogen-bond acceptors (Lipinski definition) is 4. The number of carboxylic acid groups (broad SMARTS) is 2. The molecule has 0 spiro atoms. The van der Waals surface area contributed by atoms with Gasteiger partial charge in [-0.3, -0.25) is 14.4 Å².